The molecule has 7 heteroatoms. The van der Waals surface area contributed by atoms with E-state index in [-0.39, 0.29) is 22.9 Å². The predicted octanol–water partition coefficient (Wildman–Crippen LogP) is 2.98. The molecule has 2 rings (SSSR count). The second-order valence-corrected chi connectivity index (χ2v) is 7.41. The molecule has 0 aliphatic rings. The lowest BCUT2D eigenvalue weighted by atomic mass is 10.1. The zero-order chi connectivity index (χ0) is 16.3. The van der Waals surface area contributed by atoms with Crippen molar-refractivity contribution in [1.82, 2.24) is 0 Å². The molecular formula is C15H14ClNO4S. The van der Waals surface area contributed by atoms with Gasteiger partial charge in [-0.2, -0.15) is 4.36 Å². The Bertz CT molecular complexity index is 824. The number of halogens is 1. The average Bonchev–Trinajstić information content (AvgIpc) is 2.42. The molecule has 2 aromatic carbocycles. The smallest absolute Gasteiger partial charge is 0.258 e. The van der Waals surface area contributed by atoms with Gasteiger partial charge in [-0.05, 0) is 42.0 Å². The summed E-state index contributed by atoms with van der Waals surface area (Å²) in [5.74, 6) is -0.579. The summed E-state index contributed by atoms with van der Waals surface area (Å²) in [5.41, 5.74) is 0.567. The molecule has 5 nitrogen and oxygen atoms in total. The number of rotatable bonds is 3. The Morgan fingerprint density at radius 3 is 2.41 bits per heavy atom. The van der Waals surface area contributed by atoms with Crippen molar-refractivity contribution in [2.24, 2.45) is 4.36 Å². The Balaban J connectivity index is 2.23. The molecule has 0 aliphatic heterocycles. The Kier molecular flexibility index (Phi) is 4.73. The van der Waals surface area contributed by atoms with Gasteiger partial charge in [-0.25, -0.2) is 4.21 Å². The van der Waals surface area contributed by atoms with Crippen LogP contribution in [0.15, 0.2) is 51.7 Å². The van der Waals surface area contributed by atoms with Crippen LogP contribution in [0.2, 0.25) is 5.02 Å². The second-order valence-electron chi connectivity index (χ2n) is 4.74. The first-order valence-electron chi connectivity index (χ1n) is 6.29. The van der Waals surface area contributed by atoms with Crippen LogP contribution in [0.25, 0.3) is 0 Å². The van der Waals surface area contributed by atoms with Gasteiger partial charge in [0.2, 0.25) is 0 Å². The van der Waals surface area contributed by atoms with Crippen LogP contribution >= 0.6 is 11.6 Å². The molecule has 0 bridgehead atoms. The number of aromatic hydroxyl groups is 2. The summed E-state index contributed by atoms with van der Waals surface area (Å²) in [5, 5.41) is 18.7. The van der Waals surface area contributed by atoms with E-state index in [1.165, 1.54) is 42.7 Å². The van der Waals surface area contributed by atoms with Gasteiger partial charge in [0, 0.05) is 11.2 Å². The van der Waals surface area contributed by atoms with Gasteiger partial charge in [-0.3, -0.25) is 4.79 Å². The molecule has 2 aromatic rings. The third-order valence-corrected chi connectivity index (χ3v) is 4.92. The van der Waals surface area contributed by atoms with Crippen LogP contribution in [-0.2, 0) is 20.9 Å². The Hall–Kier alpha value is -2.05. The molecule has 0 saturated heterocycles. The third-order valence-electron chi connectivity index (χ3n) is 2.92. The third kappa shape index (κ3) is 3.99. The van der Waals surface area contributed by atoms with Gasteiger partial charge in [-0.15, -0.1) is 0 Å². The van der Waals surface area contributed by atoms with Crippen LogP contribution in [0.1, 0.15) is 5.56 Å². The molecule has 1 atom stereocenters. The highest BCUT2D eigenvalue weighted by Crippen LogP contribution is 2.24. The molecule has 1 amide bonds. The summed E-state index contributed by atoms with van der Waals surface area (Å²) in [6.45, 7) is 0. The zero-order valence-corrected chi connectivity index (χ0v) is 13.3. The van der Waals surface area contributed by atoms with Crippen molar-refractivity contribution in [3.8, 4) is 11.5 Å². The maximum atomic E-state index is 12.5. The summed E-state index contributed by atoms with van der Waals surface area (Å²) in [6, 6.07) is 10.1. The molecule has 0 spiro atoms. The van der Waals surface area contributed by atoms with Gasteiger partial charge >= 0.3 is 0 Å². The number of hydrogen-bond donors (Lipinski definition) is 2. The van der Waals surface area contributed by atoms with E-state index in [4.69, 9.17) is 11.6 Å². The zero-order valence-electron chi connectivity index (χ0n) is 11.7. The van der Waals surface area contributed by atoms with Crippen molar-refractivity contribution in [3.05, 3.63) is 53.1 Å². The number of amides is 1. The van der Waals surface area contributed by atoms with Crippen LogP contribution in [0.5, 0.6) is 11.5 Å². The van der Waals surface area contributed by atoms with Gasteiger partial charge in [0.1, 0.15) is 11.5 Å². The quantitative estimate of drug-likeness (QED) is 0.900. The molecule has 0 aliphatic carbocycles. The van der Waals surface area contributed by atoms with E-state index in [2.05, 4.69) is 4.36 Å². The van der Waals surface area contributed by atoms with Crippen molar-refractivity contribution in [2.45, 2.75) is 11.3 Å². The van der Waals surface area contributed by atoms with E-state index in [0.717, 1.165) is 0 Å². The first-order valence-corrected chi connectivity index (χ1v) is 8.59. The van der Waals surface area contributed by atoms with Gasteiger partial charge in [0.15, 0.2) is 0 Å². The molecule has 2 N–H and O–H groups in total. The van der Waals surface area contributed by atoms with E-state index in [0.29, 0.717) is 10.5 Å². The maximum absolute atomic E-state index is 12.5. The molecule has 0 aromatic heterocycles. The highest BCUT2D eigenvalue weighted by atomic mass is 35.5. The Morgan fingerprint density at radius 1 is 1.18 bits per heavy atom. The second kappa shape index (κ2) is 6.37. The van der Waals surface area contributed by atoms with Gasteiger partial charge in [0.05, 0.1) is 21.2 Å². The van der Waals surface area contributed by atoms with Crippen LogP contribution in [-0.4, -0.2) is 26.6 Å². The van der Waals surface area contributed by atoms with Crippen LogP contribution in [0, 0.1) is 0 Å². The molecule has 22 heavy (non-hydrogen) atoms. The lowest BCUT2D eigenvalue weighted by molar-refractivity contribution is -0.117. The van der Waals surface area contributed by atoms with Crippen LogP contribution < -0.4 is 0 Å². The number of benzene rings is 2. The van der Waals surface area contributed by atoms with E-state index in [9.17, 15) is 19.2 Å². The Labute approximate surface area is 133 Å². The lowest BCUT2D eigenvalue weighted by Gasteiger charge is -2.05. The topological polar surface area (TPSA) is 87.0 Å². The van der Waals surface area contributed by atoms with Crippen molar-refractivity contribution in [3.63, 3.8) is 0 Å². The summed E-state index contributed by atoms with van der Waals surface area (Å²) in [7, 11) is -2.88. The van der Waals surface area contributed by atoms with Gasteiger partial charge < -0.3 is 10.2 Å². The van der Waals surface area contributed by atoms with Crippen LogP contribution in [0.3, 0.4) is 0 Å². The van der Waals surface area contributed by atoms with Crippen molar-refractivity contribution in [1.29, 1.82) is 0 Å². The van der Waals surface area contributed by atoms with E-state index in [1.807, 2.05) is 0 Å². The van der Waals surface area contributed by atoms with Crippen LogP contribution in [0.4, 0.5) is 0 Å². The number of phenolic OH excluding ortho intramolecular Hbond substituents is 2. The average molecular weight is 340 g/mol. The number of hydrogen-bond acceptors (Lipinski definition) is 4. The molecule has 116 valence electrons. The molecule has 0 heterocycles. The minimum absolute atomic E-state index is 0.0454. The minimum Gasteiger partial charge on any atom is -0.508 e. The predicted molar refractivity (Wildman–Crippen MR) is 84.7 cm³/mol. The number of phenols is 2. The summed E-state index contributed by atoms with van der Waals surface area (Å²) in [4.78, 5) is 12.3. The molecule has 0 fully saturated rings. The minimum atomic E-state index is -2.88. The number of carbonyl (C=O) groups excluding carboxylic acids is 1. The van der Waals surface area contributed by atoms with Gasteiger partial charge in [-0.1, -0.05) is 17.7 Å². The monoisotopic (exact) mass is 339 g/mol. The van der Waals surface area contributed by atoms with E-state index < -0.39 is 15.6 Å². The fourth-order valence-electron chi connectivity index (χ4n) is 1.81. The lowest BCUT2D eigenvalue weighted by Crippen LogP contribution is -2.05. The molecule has 0 radical (unpaired) electrons. The number of carbonyl (C=O) groups is 1. The molecular weight excluding hydrogens is 326 g/mol. The highest BCUT2D eigenvalue weighted by molar-refractivity contribution is 7.93. The number of nitrogens with zero attached hydrogens (tertiary/aromatic N) is 1. The molecule has 1 unspecified atom stereocenters. The first kappa shape index (κ1) is 16.3. The van der Waals surface area contributed by atoms with Gasteiger partial charge in [0.25, 0.3) is 5.91 Å². The largest absolute Gasteiger partial charge is 0.508 e. The van der Waals surface area contributed by atoms with Crippen molar-refractivity contribution < 1.29 is 19.2 Å². The standard InChI is InChI=1S/C15H14ClNO4S/c1-22(21,12-5-3-11(18)4-6-12)17-15(20)9-10-2-7-14(19)13(16)8-10/h2-8,18-19H,9H2,1H3. The van der Waals surface area contributed by atoms with E-state index >= 15 is 0 Å². The SMILES string of the molecule is CS(=O)(=NC(=O)Cc1ccc(O)c(Cl)c1)c1ccc(O)cc1. The summed E-state index contributed by atoms with van der Waals surface area (Å²) in [6.07, 6.45) is 1.30. The summed E-state index contributed by atoms with van der Waals surface area (Å²) >= 11 is 5.77. The van der Waals surface area contributed by atoms with Crippen molar-refractivity contribution in [2.75, 3.05) is 6.26 Å². The Morgan fingerprint density at radius 2 is 1.82 bits per heavy atom. The van der Waals surface area contributed by atoms with Crippen molar-refractivity contribution >= 4 is 27.2 Å². The first-order chi connectivity index (χ1) is 10.3. The normalized spacial score (nSPS) is 13.4. The highest BCUT2D eigenvalue weighted by Gasteiger charge is 2.11. The maximum Gasteiger partial charge on any atom is 0.258 e. The fourth-order valence-corrected chi connectivity index (χ4v) is 3.22. The van der Waals surface area contributed by atoms with E-state index in [1.54, 1.807) is 6.07 Å². The fraction of sp³-hybridized carbons (Fsp3) is 0.133. The molecule has 0 saturated carbocycles. The summed E-state index contributed by atoms with van der Waals surface area (Å²) < 4.78 is 16.2.